The van der Waals surface area contributed by atoms with Crippen molar-refractivity contribution in [3.8, 4) is 0 Å². The van der Waals surface area contributed by atoms with Gasteiger partial charge in [-0.05, 0) is 0 Å². The van der Waals surface area contributed by atoms with Gasteiger partial charge in [0.2, 0.25) is 0 Å². The standard InChI is InChI=1S/C7H12O4.2C2H4O2/c1-6(8)10-4-3-5-11-7(2)9;2*1-2(3)4/h3-5H2,1-2H3;2*1H3,(H,3,4). The molecule has 0 heterocycles. The lowest BCUT2D eigenvalue weighted by Crippen LogP contribution is -2.06. The first-order chi connectivity index (χ1) is 8.59. The zero-order valence-electron chi connectivity index (χ0n) is 11.5. The number of aliphatic carboxylic acids is 2. The van der Waals surface area contributed by atoms with Gasteiger partial charge >= 0.3 is 11.9 Å². The van der Waals surface area contributed by atoms with Crippen LogP contribution in [-0.2, 0) is 28.7 Å². The zero-order valence-corrected chi connectivity index (χ0v) is 11.5. The Kier molecular flexibility index (Phi) is 18.5. The molecule has 0 aromatic carbocycles. The normalized spacial score (nSPS) is 7.79. The van der Waals surface area contributed by atoms with Gasteiger partial charge in [-0.25, -0.2) is 0 Å². The fraction of sp³-hybridized carbons (Fsp3) is 0.636. The molecule has 0 aromatic rings. The van der Waals surface area contributed by atoms with Gasteiger partial charge < -0.3 is 19.7 Å². The van der Waals surface area contributed by atoms with Crippen molar-refractivity contribution >= 4 is 23.9 Å². The number of ether oxygens (including phenoxy) is 2. The number of carboxylic acids is 2. The van der Waals surface area contributed by atoms with Gasteiger partial charge in [0.15, 0.2) is 0 Å². The highest BCUT2D eigenvalue weighted by Gasteiger charge is 1.94. The molecule has 2 N–H and O–H groups in total. The van der Waals surface area contributed by atoms with Gasteiger partial charge in [-0.1, -0.05) is 0 Å². The molecule has 0 saturated heterocycles. The van der Waals surface area contributed by atoms with E-state index in [4.69, 9.17) is 19.8 Å². The topological polar surface area (TPSA) is 127 Å². The molecule has 0 saturated carbocycles. The van der Waals surface area contributed by atoms with E-state index in [9.17, 15) is 9.59 Å². The first kappa shape index (κ1) is 22.1. The largest absolute Gasteiger partial charge is 0.481 e. The third-order valence-electron chi connectivity index (χ3n) is 0.899. The van der Waals surface area contributed by atoms with Crippen molar-refractivity contribution in [2.75, 3.05) is 13.2 Å². The molecule has 0 unspecified atom stereocenters. The van der Waals surface area contributed by atoms with Crippen molar-refractivity contribution in [3.63, 3.8) is 0 Å². The summed E-state index contributed by atoms with van der Waals surface area (Å²) in [4.78, 5) is 38.4. The molecule has 0 spiro atoms. The molecule has 0 aliphatic heterocycles. The minimum Gasteiger partial charge on any atom is -0.481 e. The second-order valence-corrected chi connectivity index (χ2v) is 3.07. The van der Waals surface area contributed by atoms with Gasteiger partial charge in [-0.2, -0.15) is 0 Å². The molecule has 112 valence electrons. The molecule has 0 aliphatic rings. The summed E-state index contributed by atoms with van der Waals surface area (Å²) < 4.78 is 9.19. The van der Waals surface area contributed by atoms with E-state index < -0.39 is 11.9 Å². The van der Waals surface area contributed by atoms with E-state index in [-0.39, 0.29) is 11.9 Å². The third-order valence-corrected chi connectivity index (χ3v) is 0.899. The SMILES string of the molecule is CC(=O)O.CC(=O)O.CC(=O)OCCCOC(C)=O. The minimum absolute atomic E-state index is 0.308. The second kappa shape index (κ2) is 15.9. The van der Waals surface area contributed by atoms with Crippen LogP contribution < -0.4 is 0 Å². The van der Waals surface area contributed by atoms with E-state index >= 15 is 0 Å². The molecule has 0 amide bonds. The molecular formula is C11H20O8. The fourth-order valence-corrected chi connectivity index (χ4v) is 0.491. The van der Waals surface area contributed by atoms with Crippen LogP contribution >= 0.6 is 0 Å². The highest BCUT2D eigenvalue weighted by atomic mass is 16.5. The number of esters is 2. The second-order valence-electron chi connectivity index (χ2n) is 3.07. The van der Waals surface area contributed by atoms with Crippen LogP contribution in [0.5, 0.6) is 0 Å². The van der Waals surface area contributed by atoms with Crippen LogP contribution in [0.25, 0.3) is 0 Å². The fourth-order valence-electron chi connectivity index (χ4n) is 0.491. The highest BCUT2D eigenvalue weighted by Crippen LogP contribution is 1.85. The lowest BCUT2D eigenvalue weighted by Gasteiger charge is -2.01. The number of rotatable bonds is 4. The minimum atomic E-state index is -0.833. The quantitative estimate of drug-likeness (QED) is 0.568. The summed E-state index contributed by atoms with van der Waals surface area (Å²) >= 11 is 0. The van der Waals surface area contributed by atoms with Crippen LogP contribution in [0.4, 0.5) is 0 Å². The number of carbonyl (C=O) groups is 4. The summed E-state index contributed by atoms with van der Waals surface area (Å²) in [5.41, 5.74) is 0. The van der Waals surface area contributed by atoms with Crippen LogP contribution in [0.3, 0.4) is 0 Å². The smallest absolute Gasteiger partial charge is 0.302 e. The van der Waals surface area contributed by atoms with Crippen LogP contribution in [0.1, 0.15) is 34.1 Å². The van der Waals surface area contributed by atoms with Crippen LogP contribution in [0.15, 0.2) is 0 Å². The van der Waals surface area contributed by atoms with Crippen molar-refractivity contribution in [1.29, 1.82) is 0 Å². The van der Waals surface area contributed by atoms with E-state index in [2.05, 4.69) is 9.47 Å². The van der Waals surface area contributed by atoms with E-state index in [1.807, 2.05) is 0 Å². The Morgan fingerprint density at radius 3 is 1.11 bits per heavy atom. The molecule has 0 atom stereocenters. The summed E-state index contributed by atoms with van der Waals surface area (Å²) in [6, 6.07) is 0. The first-order valence-corrected chi connectivity index (χ1v) is 5.25. The predicted molar refractivity (Wildman–Crippen MR) is 64.5 cm³/mol. The summed E-state index contributed by atoms with van der Waals surface area (Å²) in [5, 5.41) is 14.8. The van der Waals surface area contributed by atoms with Gasteiger partial charge in [0, 0.05) is 34.1 Å². The zero-order chi connectivity index (χ0) is 15.8. The van der Waals surface area contributed by atoms with Gasteiger partial charge in [-0.3, -0.25) is 19.2 Å². The van der Waals surface area contributed by atoms with Gasteiger partial charge in [0.05, 0.1) is 13.2 Å². The molecule has 0 radical (unpaired) electrons. The summed E-state index contributed by atoms with van der Waals surface area (Å²) in [6.45, 7) is 5.46. The van der Waals surface area contributed by atoms with Crippen molar-refractivity contribution in [1.82, 2.24) is 0 Å². The third kappa shape index (κ3) is 88.5. The number of carboxylic acid groups (broad SMARTS) is 2. The van der Waals surface area contributed by atoms with E-state index in [0.29, 0.717) is 19.6 Å². The average Bonchev–Trinajstić information content (AvgIpc) is 2.14. The van der Waals surface area contributed by atoms with E-state index in [0.717, 1.165) is 13.8 Å². The Balaban J connectivity index is -0.000000264. The Morgan fingerprint density at radius 2 is 0.947 bits per heavy atom. The van der Waals surface area contributed by atoms with Crippen LogP contribution in [0.2, 0.25) is 0 Å². The molecule has 0 aliphatic carbocycles. The molecule has 0 bridgehead atoms. The van der Waals surface area contributed by atoms with Crippen molar-refractivity contribution in [2.45, 2.75) is 34.1 Å². The first-order valence-electron chi connectivity index (χ1n) is 5.25. The molecule has 8 nitrogen and oxygen atoms in total. The molecule has 0 aromatic heterocycles. The van der Waals surface area contributed by atoms with Crippen LogP contribution in [-0.4, -0.2) is 47.3 Å². The van der Waals surface area contributed by atoms with Crippen LogP contribution in [0, 0.1) is 0 Å². The molecule has 8 heteroatoms. The van der Waals surface area contributed by atoms with E-state index in [1.54, 1.807) is 0 Å². The summed E-state index contributed by atoms with van der Waals surface area (Å²) in [6.07, 6.45) is 0.555. The Labute approximate surface area is 111 Å². The Bertz CT molecular complexity index is 248. The van der Waals surface area contributed by atoms with Gasteiger partial charge in [0.25, 0.3) is 11.9 Å². The maximum absolute atomic E-state index is 10.2. The summed E-state index contributed by atoms with van der Waals surface area (Å²) in [7, 11) is 0. The van der Waals surface area contributed by atoms with Crippen molar-refractivity contribution in [2.24, 2.45) is 0 Å². The van der Waals surface area contributed by atoms with Gasteiger partial charge in [-0.15, -0.1) is 0 Å². The monoisotopic (exact) mass is 280 g/mol. The lowest BCUT2D eigenvalue weighted by atomic mass is 10.5. The lowest BCUT2D eigenvalue weighted by molar-refractivity contribution is -0.143. The maximum atomic E-state index is 10.2. The van der Waals surface area contributed by atoms with Crippen molar-refractivity contribution in [3.05, 3.63) is 0 Å². The highest BCUT2D eigenvalue weighted by molar-refractivity contribution is 5.66. The molecular weight excluding hydrogens is 260 g/mol. The Morgan fingerprint density at radius 1 is 0.737 bits per heavy atom. The molecule has 19 heavy (non-hydrogen) atoms. The molecule has 0 fully saturated rings. The number of hydrogen-bond donors (Lipinski definition) is 2. The predicted octanol–water partition coefficient (Wildman–Crippen LogP) is 0.684. The summed E-state index contributed by atoms with van der Waals surface area (Å²) in [5.74, 6) is -2.29. The maximum Gasteiger partial charge on any atom is 0.302 e. The molecule has 0 rings (SSSR count). The number of hydrogen-bond acceptors (Lipinski definition) is 6. The number of carbonyl (C=O) groups excluding carboxylic acids is 2. The van der Waals surface area contributed by atoms with Gasteiger partial charge in [0.1, 0.15) is 0 Å². The van der Waals surface area contributed by atoms with Crippen molar-refractivity contribution < 1.29 is 38.9 Å². The van der Waals surface area contributed by atoms with E-state index in [1.165, 1.54) is 13.8 Å². The average molecular weight is 280 g/mol. The Hall–Kier alpha value is -2.12.